The zero-order valence-corrected chi connectivity index (χ0v) is 17.9. The highest BCUT2D eigenvalue weighted by Crippen LogP contribution is 2.33. The molecule has 0 bridgehead atoms. The van der Waals surface area contributed by atoms with Gasteiger partial charge in [0.1, 0.15) is 25.1 Å². The van der Waals surface area contributed by atoms with Gasteiger partial charge in [-0.2, -0.15) is 0 Å². The topological polar surface area (TPSA) is 80.3 Å². The average Bonchev–Trinajstić information content (AvgIpc) is 3.31. The van der Waals surface area contributed by atoms with E-state index in [0.29, 0.717) is 36.8 Å². The van der Waals surface area contributed by atoms with Crippen molar-refractivity contribution in [2.45, 2.75) is 31.4 Å². The lowest BCUT2D eigenvalue weighted by Gasteiger charge is -2.29. The Kier molecular flexibility index (Phi) is 6.94. The number of hydrogen-bond acceptors (Lipinski definition) is 6. The molecule has 0 saturated carbocycles. The molecule has 0 radical (unpaired) electrons. The van der Waals surface area contributed by atoms with Gasteiger partial charge in [-0.1, -0.05) is 18.2 Å². The quantitative estimate of drug-likeness (QED) is 0.675. The molecular weight excluding hydrogens is 396 g/mol. The predicted octanol–water partition coefficient (Wildman–Crippen LogP) is 2.32. The van der Waals surface area contributed by atoms with Crippen molar-refractivity contribution in [2.75, 3.05) is 40.0 Å². The number of aliphatic hydroxyl groups excluding tert-OH is 1. The van der Waals surface area contributed by atoms with Crippen molar-refractivity contribution in [3.63, 3.8) is 0 Å². The number of aliphatic hydroxyl groups is 1. The maximum atomic E-state index is 12.8. The summed E-state index contributed by atoms with van der Waals surface area (Å²) in [5, 5.41) is 14.2. The number of amides is 1. The molecule has 1 saturated heterocycles. The number of carbonyl (C=O) groups is 1. The summed E-state index contributed by atoms with van der Waals surface area (Å²) in [6.07, 6.45) is 1.65. The van der Waals surface area contributed by atoms with Gasteiger partial charge in [0.2, 0.25) is 5.91 Å². The molecule has 2 aliphatic heterocycles. The summed E-state index contributed by atoms with van der Waals surface area (Å²) in [5.41, 5.74) is 1.57. The van der Waals surface area contributed by atoms with Crippen LogP contribution in [0.5, 0.6) is 17.2 Å². The van der Waals surface area contributed by atoms with Gasteiger partial charge in [-0.25, -0.2) is 0 Å². The van der Waals surface area contributed by atoms with E-state index in [1.165, 1.54) is 0 Å². The van der Waals surface area contributed by atoms with Crippen molar-refractivity contribution < 1.29 is 24.1 Å². The third-order valence-electron chi connectivity index (χ3n) is 5.79. The van der Waals surface area contributed by atoms with Gasteiger partial charge in [0, 0.05) is 6.54 Å². The van der Waals surface area contributed by atoms with Crippen LogP contribution in [0.4, 0.5) is 0 Å². The highest BCUT2D eigenvalue weighted by atomic mass is 16.6. The third kappa shape index (κ3) is 5.48. The van der Waals surface area contributed by atoms with Crippen LogP contribution in [0.3, 0.4) is 0 Å². The summed E-state index contributed by atoms with van der Waals surface area (Å²) >= 11 is 0. The van der Waals surface area contributed by atoms with Crippen LogP contribution in [0.2, 0.25) is 0 Å². The van der Waals surface area contributed by atoms with E-state index in [0.717, 1.165) is 37.2 Å². The fraction of sp³-hybridized carbons (Fsp3) is 0.458. The first-order valence-electron chi connectivity index (χ1n) is 10.8. The number of nitrogens with one attached hydrogen (secondary N) is 1. The molecule has 2 N–H and O–H groups in total. The Hall–Kier alpha value is -2.77. The second-order valence-corrected chi connectivity index (χ2v) is 8.06. The number of methoxy groups -OCH3 is 1. The van der Waals surface area contributed by atoms with Crippen LogP contribution in [0, 0.1) is 0 Å². The van der Waals surface area contributed by atoms with E-state index in [1.54, 1.807) is 7.11 Å². The Morgan fingerprint density at radius 3 is 2.68 bits per heavy atom. The summed E-state index contributed by atoms with van der Waals surface area (Å²) in [6.45, 7) is 3.57. The number of nitrogens with zero attached hydrogens (tertiary/aromatic N) is 1. The zero-order valence-electron chi connectivity index (χ0n) is 17.9. The van der Waals surface area contributed by atoms with Gasteiger partial charge in [-0.3, -0.25) is 4.79 Å². The van der Waals surface area contributed by atoms with E-state index in [4.69, 9.17) is 14.2 Å². The largest absolute Gasteiger partial charge is 0.497 e. The van der Waals surface area contributed by atoms with Crippen molar-refractivity contribution in [1.82, 2.24) is 10.2 Å². The van der Waals surface area contributed by atoms with E-state index in [2.05, 4.69) is 10.2 Å². The third-order valence-corrected chi connectivity index (χ3v) is 5.79. The highest BCUT2D eigenvalue weighted by Gasteiger charge is 2.28. The van der Waals surface area contributed by atoms with Crippen molar-refractivity contribution in [3.05, 3.63) is 53.6 Å². The fourth-order valence-corrected chi connectivity index (χ4v) is 4.17. The molecule has 166 valence electrons. The Labute approximate surface area is 182 Å². The first kappa shape index (κ1) is 21.5. The van der Waals surface area contributed by atoms with E-state index in [-0.39, 0.29) is 12.3 Å². The molecular formula is C24H30N2O5. The van der Waals surface area contributed by atoms with Crippen LogP contribution in [-0.2, 0) is 11.2 Å². The van der Waals surface area contributed by atoms with Crippen molar-refractivity contribution in [1.29, 1.82) is 0 Å². The number of carbonyl (C=O) groups excluding carboxylic acids is 1. The lowest BCUT2D eigenvalue weighted by molar-refractivity contribution is -0.122. The normalized spacial score (nSPS) is 17.7. The summed E-state index contributed by atoms with van der Waals surface area (Å²) in [4.78, 5) is 15.1. The molecule has 2 aliphatic rings. The fourth-order valence-electron chi connectivity index (χ4n) is 4.17. The Morgan fingerprint density at radius 2 is 1.90 bits per heavy atom. The van der Waals surface area contributed by atoms with Crippen molar-refractivity contribution >= 4 is 5.91 Å². The Balaban J connectivity index is 1.48. The first-order valence-corrected chi connectivity index (χ1v) is 10.8. The minimum Gasteiger partial charge on any atom is -0.497 e. The zero-order chi connectivity index (χ0) is 21.6. The molecule has 0 aliphatic carbocycles. The molecule has 2 atom stereocenters. The smallest absolute Gasteiger partial charge is 0.224 e. The van der Waals surface area contributed by atoms with Crippen LogP contribution in [0.1, 0.15) is 30.1 Å². The van der Waals surface area contributed by atoms with E-state index in [9.17, 15) is 9.90 Å². The van der Waals surface area contributed by atoms with Gasteiger partial charge in [0.25, 0.3) is 0 Å². The molecule has 1 fully saturated rings. The van der Waals surface area contributed by atoms with Crippen molar-refractivity contribution in [3.8, 4) is 17.2 Å². The summed E-state index contributed by atoms with van der Waals surface area (Å²) in [7, 11) is 1.61. The molecule has 7 nitrogen and oxygen atoms in total. The second kappa shape index (κ2) is 10.0. The van der Waals surface area contributed by atoms with Gasteiger partial charge in [-0.15, -0.1) is 0 Å². The van der Waals surface area contributed by atoms with E-state index >= 15 is 0 Å². The first-order chi connectivity index (χ1) is 15.1. The van der Waals surface area contributed by atoms with Crippen LogP contribution in [-0.4, -0.2) is 61.9 Å². The van der Waals surface area contributed by atoms with E-state index < -0.39 is 12.1 Å². The SMILES string of the molecule is COc1cccc(CC(=O)N[C@H](CN2CCCC2)[C@H](O)c2ccc3c(c2)OCCO3)c1. The summed E-state index contributed by atoms with van der Waals surface area (Å²) in [5.74, 6) is 1.90. The molecule has 0 unspecified atom stereocenters. The van der Waals surface area contributed by atoms with Crippen LogP contribution in [0.15, 0.2) is 42.5 Å². The Bertz CT molecular complexity index is 897. The maximum absolute atomic E-state index is 12.8. The molecule has 2 aromatic rings. The predicted molar refractivity (Wildman–Crippen MR) is 117 cm³/mol. The number of rotatable bonds is 8. The molecule has 2 heterocycles. The van der Waals surface area contributed by atoms with Gasteiger partial charge in [0.15, 0.2) is 11.5 Å². The minimum atomic E-state index is -0.856. The lowest BCUT2D eigenvalue weighted by Crippen LogP contribution is -2.47. The number of fused-ring (bicyclic) bond motifs is 1. The molecule has 4 rings (SSSR count). The minimum absolute atomic E-state index is 0.131. The van der Waals surface area contributed by atoms with E-state index in [1.807, 2.05) is 42.5 Å². The number of likely N-dealkylation sites (tertiary alicyclic amines) is 1. The van der Waals surface area contributed by atoms with Crippen LogP contribution >= 0.6 is 0 Å². The molecule has 0 spiro atoms. The number of hydrogen-bond donors (Lipinski definition) is 2. The number of benzene rings is 2. The lowest BCUT2D eigenvalue weighted by atomic mass is 10.0. The monoisotopic (exact) mass is 426 g/mol. The summed E-state index contributed by atoms with van der Waals surface area (Å²) < 4.78 is 16.5. The highest BCUT2D eigenvalue weighted by molar-refractivity contribution is 5.79. The molecule has 2 aromatic carbocycles. The van der Waals surface area contributed by atoms with Gasteiger partial charge < -0.3 is 29.5 Å². The molecule has 0 aromatic heterocycles. The number of ether oxygens (including phenoxy) is 3. The van der Waals surface area contributed by atoms with Crippen LogP contribution < -0.4 is 19.5 Å². The maximum Gasteiger partial charge on any atom is 0.224 e. The van der Waals surface area contributed by atoms with Crippen LogP contribution in [0.25, 0.3) is 0 Å². The van der Waals surface area contributed by atoms with Crippen molar-refractivity contribution in [2.24, 2.45) is 0 Å². The second-order valence-electron chi connectivity index (χ2n) is 8.06. The molecule has 31 heavy (non-hydrogen) atoms. The molecule has 7 heteroatoms. The Morgan fingerprint density at radius 1 is 1.13 bits per heavy atom. The summed E-state index contributed by atoms with van der Waals surface area (Å²) in [6, 6.07) is 12.5. The average molecular weight is 427 g/mol. The molecule has 1 amide bonds. The standard InChI is InChI=1S/C24H30N2O5/c1-29-19-6-4-5-17(13-19)14-23(27)25-20(16-26-9-2-3-10-26)24(28)18-7-8-21-22(15-18)31-12-11-30-21/h4-8,13,15,20,24,28H,2-3,9-12,14,16H2,1H3,(H,25,27)/t20-,24-/m1/s1. The van der Waals surface area contributed by atoms with Gasteiger partial charge >= 0.3 is 0 Å². The van der Waals surface area contributed by atoms with Gasteiger partial charge in [0.05, 0.1) is 19.6 Å². The van der Waals surface area contributed by atoms with Gasteiger partial charge in [-0.05, 0) is 61.3 Å².